The van der Waals surface area contributed by atoms with Gasteiger partial charge in [0.2, 0.25) is 21.8 Å². The second-order valence-corrected chi connectivity index (χ2v) is 10.8. The molecule has 0 spiro atoms. The van der Waals surface area contributed by atoms with Crippen molar-refractivity contribution >= 4 is 21.8 Å². The standard InChI is InChI=1S/C22H31N3O4S/c23-21(26)17-7-11-24(12-8-17)22(27)18-9-13-25(14-10-18)30(28,29)20-6-5-16-3-1-2-4-19(16)15-20/h5-6,15,17-18H,1-4,7-14H2,(H2,23,26). The minimum absolute atomic E-state index is 0.0868. The summed E-state index contributed by atoms with van der Waals surface area (Å²) >= 11 is 0. The van der Waals surface area contributed by atoms with Gasteiger partial charge in [0.25, 0.3) is 0 Å². The summed E-state index contributed by atoms with van der Waals surface area (Å²) in [6.07, 6.45) is 6.57. The number of amides is 2. The fourth-order valence-corrected chi connectivity index (χ4v) is 6.53. The molecule has 0 atom stereocenters. The van der Waals surface area contributed by atoms with Crippen LogP contribution < -0.4 is 5.73 Å². The summed E-state index contributed by atoms with van der Waals surface area (Å²) in [6, 6.07) is 5.55. The lowest BCUT2D eigenvalue weighted by Crippen LogP contribution is -2.47. The fraction of sp³-hybridized carbons (Fsp3) is 0.636. The molecule has 2 heterocycles. The number of piperidine rings is 2. The summed E-state index contributed by atoms with van der Waals surface area (Å²) < 4.78 is 27.8. The molecule has 2 N–H and O–H groups in total. The number of likely N-dealkylation sites (tertiary alicyclic amines) is 1. The number of carbonyl (C=O) groups excluding carboxylic acids is 2. The van der Waals surface area contributed by atoms with Crippen molar-refractivity contribution in [3.63, 3.8) is 0 Å². The van der Waals surface area contributed by atoms with E-state index >= 15 is 0 Å². The molecule has 0 aromatic heterocycles. The first-order valence-corrected chi connectivity index (χ1v) is 12.5. The monoisotopic (exact) mass is 433 g/mol. The van der Waals surface area contributed by atoms with Crippen molar-refractivity contribution in [2.24, 2.45) is 17.6 Å². The highest BCUT2D eigenvalue weighted by molar-refractivity contribution is 7.89. The Hall–Kier alpha value is -1.93. The van der Waals surface area contributed by atoms with Crippen LogP contribution in [0.5, 0.6) is 0 Å². The molecule has 2 fully saturated rings. The maximum atomic E-state index is 13.1. The van der Waals surface area contributed by atoms with Crippen LogP contribution in [-0.4, -0.2) is 55.6 Å². The highest BCUT2D eigenvalue weighted by Crippen LogP contribution is 2.29. The Labute approximate surface area is 178 Å². The van der Waals surface area contributed by atoms with E-state index < -0.39 is 10.0 Å². The quantitative estimate of drug-likeness (QED) is 0.781. The highest BCUT2D eigenvalue weighted by Gasteiger charge is 2.35. The van der Waals surface area contributed by atoms with E-state index in [0.29, 0.717) is 56.8 Å². The van der Waals surface area contributed by atoms with E-state index in [2.05, 4.69) is 0 Å². The van der Waals surface area contributed by atoms with Crippen molar-refractivity contribution in [3.05, 3.63) is 29.3 Å². The molecule has 4 rings (SSSR count). The third-order valence-corrected chi connectivity index (χ3v) is 8.86. The number of rotatable bonds is 4. The van der Waals surface area contributed by atoms with Crippen LogP contribution in [0.1, 0.15) is 49.7 Å². The van der Waals surface area contributed by atoms with Crippen molar-refractivity contribution in [1.29, 1.82) is 0 Å². The molecule has 0 bridgehead atoms. The third kappa shape index (κ3) is 4.25. The van der Waals surface area contributed by atoms with Crippen molar-refractivity contribution in [1.82, 2.24) is 9.21 Å². The Balaban J connectivity index is 1.36. The average Bonchev–Trinajstić information content (AvgIpc) is 2.78. The first-order valence-electron chi connectivity index (χ1n) is 11.1. The number of sulfonamides is 1. The Morgan fingerprint density at radius 2 is 1.47 bits per heavy atom. The lowest BCUT2D eigenvalue weighted by atomic mass is 9.92. The van der Waals surface area contributed by atoms with Crippen molar-refractivity contribution in [3.8, 4) is 0 Å². The molecule has 1 aromatic carbocycles. The first-order chi connectivity index (χ1) is 14.4. The summed E-state index contributed by atoms with van der Waals surface area (Å²) in [7, 11) is -3.53. The molecule has 7 nitrogen and oxygen atoms in total. The molecule has 2 aliphatic heterocycles. The fourth-order valence-electron chi connectivity index (χ4n) is 5.01. The summed E-state index contributed by atoms with van der Waals surface area (Å²) in [5, 5.41) is 0. The van der Waals surface area contributed by atoms with Gasteiger partial charge in [-0.1, -0.05) is 6.07 Å². The minimum atomic E-state index is -3.53. The van der Waals surface area contributed by atoms with Gasteiger partial charge in [0.15, 0.2) is 0 Å². The molecule has 8 heteroatoms. The molecule has 164 valence electrons. The van der Waals surface area contributed by atoms with Gasteiger partial charge in [-0.05, 0) is 74.6 Å². The molecule has 1 aliphatic carbocycles. The van der Waals surface area contributed by atoms with Gasteiger partial charge in [0.05, 0.1) is 4.90 Å². The van der Waals surface area contributed by atoms with Crippen LogP contribution in [0.2, 0.25) is 0 Å². The van der Waals surface area contributed by atoms with Crippen molar-refractivity contribution < 1.29 is 18.0 Å². The molecule has 0 radical (unpaired) electrons. The van der Waals surface area contributed by atoms with Crippen LogP contribution in [0.3, 0.4) is 0 Å². The largest absolute Gasteiger partial charge is 0.369 e. The Morgan fingerprint density at radius 3 is 2.10 bits per heavy atom. The van der Waals surface area contributed by atoms with E-state index in [-0.39, 0.29) is 23.7 Å². The zero-order valence-corrected chi connectivity index (χ0v) is 18.2. The first kappa shape index (κ1) is 21.3. The van der Waals surface area contributed by atoms with Crippen LogP contribution >= 0.6 is 0 Å². The molecular formula is C22H31N3O4S. The topological polar surface area (TPSA) is 101 Å². The van der Waals surface area contributed by atoms with Gasteiger partial charge in [-0.2, -0.15) is 4.31 Å². The molecule has 1 aromatic rings. The van der Waals surface area contributed by atoms with Crippen molar-refractivity contribution in [2.45, 2.75) is 56.3 Å². The van der Waals surface area contributed by atoms with E-state index in [0.717, 1.165) is 24.8 Å². The lowest BCUT2D eigenvalue weighted by Gasteiger charge is -2.36. The van der Waals surface area contributed by atoms with Crippen LogP contribution in [0.15, 0.2) is 23.1 Å². The second-order valence-electron chi connectivity index (χ2n) is 8.82. The number of nitrogens with two attached hydrogens (primary N) is 1. The number of nitrogens with zero attached hydrogens (tertiary/aromatic N) is 2. The molecular weight excluding hydrogens is 402 g/mol. The Bertz CT molecular complexity index is 914. The SMILES string of the molecule is NC(=O)C1CCN(C(=O)C2CCN(S(=O)(=O)c3ccc4c(c3)CCCC4)CC2)CC1. The predicted octanol–water partition coefficient (Wildman–Crippen LogP) is 1.69. The number of primary amides is 1. The van der Waals surface area contributed by atoms with E-state index in [1.165, 1.54) is 16.3 Å². The third-order valence-electron chi connectivity index (χ3n) is 6.97. The lowest BCUT2D eigenvalue weighted by molar-refractivity contribution is -0.139. The van der Waals surface area contributed by atoms with E-state index in [1.807, 2.05) is 17.0 Å². The zero-order valence-electron chi connectivity index (χ0n) is 17.4. The van der Waals surface area contributed by atoms with Gasteiger partial charge in [-0.15, -0.1) is 0 Å². The van der Waals surface area contributed by atoms with Gasteiger partial charge in [0, 0.05) is 38.0 Å². The van der Waals surface area contributed by atoms with Gasteiger partial charge in [0.1, 0.15) is 0 Å². The molecule has 2 amide bonds. The molecule has 30 heavy (non-hydrogen) atoms. The molecule has 0 saturated carbocycles. The number of aryl methyl sites for hydroxylation is 2. The molecule has 2 saturated heterocycles. The molecule has 3 aliphatic rings. The van der Waals surface area contributed by atoms with Crippen LogP contribution in [0.4, 0.5) is 0 Å². The normalized spacial score (nSPS) is 21.9. The summed E-state index contributed by atoms with van der Waals surface area (Å²) in [5.74, 6) is -0.491. The summed E-state index contributed by atoms with van der Waals surface area (Å²) in [6.45, 7) is 1.85. The van der Waals surface area contributed by atoms with Gasteiger partial charge in [-0.3, -0.25) is 9.59 Å². The smallest absolute Gasteiger partial charge is 0.243 e. The van der Waals surface area contributed by atoms with Gasteiger partial charge < -0.3 is 10.6 Å². The Kier molecular flexibility index (Phi) is 6.16. The van der Waals surface area contributed by atoms with Crippen LogP contribution in [-0.2, 0) is 32.5 Å². The average molecular weight is 434 g/mol. The predicted molar refractivity (Wildman–Crippen MR) is 113 cm³/mol. The van der Waals surface area contributed by atoms with Crippen LogP contribution in [0.25, 0.3) is 0 Å². The number of hydrogen-bond acceptors (Lipinski definition) is 4. The second kappa shape index (κ2) is 8.67. The van der Waals surface area contributed by atoms with Crippen LogP contribution in [0, 0.1) is 11.8 Å². The minimum Gasteiger partial charge on any atom is -0.369 e. The number of benzene rings is 1. The summed E-state index contributed by atoms with van der Waals surface area (Å²) in [4.78, 5) is 26.4. The molecule has 0 unspecified atom stereocenters. The number of hydrogen-bond donors (Lipinski definition) is 1. The number of carbonyl (C=O) groups is 2. The van der Waals surface area contributed by atoms with Gasteiger partial charge in [-0.25, -0.2) is 8.42 Å². The van der Waals surface area contributed by atoms with E-state index in [1.54, 1.807) is 6.07 Å². The Morgan fingerprint density at radius 1 is 0.867 bits per heavy atom. The number of fused-ring (bicyclic) bond motifs is 1. The zero-order chi connectivity index (χ0) is 21.3. The maximum absolute atomic E-state index is 13.1. The van der Waals surface area contributed by atoms with Crippen molar-refractivity contribution in [2.75, 3.05) is 26.2 Å². The maximum Gasteiger partial charge on any atom is 0.243 e. The van der Waals surface area contributed by atoms with E-state index in [4.69, 9.17) is 5.73 Å². The summed E-state index contributed by atoms with van der Waals surface area (Å²) in [5.41, 5.74) is 7.80. The van der Waals surface area contributed by atoms with Gasteiger partial charge >= 0.3 is 0 Å². The van der Waals surface area contributed by atoms with E-state index in [9.17, 15) is 18.0 Å². The highest BCUT2D eigenvalue weighted by atomic mass is 32.2.